The van der Waals surface area contributed by atoms with Crippen molar-refractivity contribution in [3.8, 4) is 0 Å². The molecule has 0 saturated heterocycles. The number of carbonyl (C=O) groups excluding carboxylic acids is 1. The largest absolute Gasteiger partial charge is 0.435 e. The summed E-state index contributed by atoms with van der Waals surface area (Å²) >= 11 is 0. The van der Waals surface area contributed by atoms with Gasteiger partial charge in [-0.15, -0.1) is 10.2 Å². The first-order valence-electron chi connectivity index (χ1n) is 5.13. The Bertz CT molecular complexity index is 513. The monoisotopic (exact) mass is 249 g/mol. The van der Waals surface area contributed by atoms with E-state index in [0.717, 1.165) is 0 Å². The van der Waals surface area contributed by atoms with E-state index in [-0.39, 0.29) is 13.4 Å². The maximum atomic E-state index is 11.5. The van der Waals surface area contributed by atoms with Crippen LogP contribution in [0.25, 0.3) is 0 Å². The van der Waals surface area contributed by atoms with Crippen molar-refractivity contribution in [1.29, 1.82) is 0 Å². The van der Waals surface area contributed by atoms with Gasteiger partial charge in [0, 0.05) is 12.4 Å². The number of rotatable bonds is 5. The number of hydrogen-bond acceptors (Lipinski definition) is 7. The molecule has 2 aromatic heterocycles. The second kappa shape index (κ2) is 5.82. The van der Waals surface area contributed by atoms with Crippen LogP contribution in [0.1, 0.15) is 16.2 Å². The molecule has 0 aliphatic heterocycles. The minimum absolute atomic E-state index is 0.133. The summed E-state index contributed by atoms with van der Waals surface area (Å²) in [5.74, 6) is -0.0647. The first-order valence-corrected chi connectivity index (χ1v) is 5.13. The van der Waals surface area contributed by atoms with Crippen molar-refractivity contribution >= 4 is 5.97 Å². The van der Waals surface area contributed by atoms with E-state index in [4.69, 9.17) is 9.47 Å². The van der Waals surface area contributed by atoms with Crippen molar-refractivity contribution in [1.82, 2.24) is 25.2 Å². The van der Waals surface area contributed by atoms with Crippen molar-refractivity contribution in [3.63, 3.8) is 0 Å². The summed E-state index contributed by atoms with van der Waals surface area (Å²) in [4.78, 5) is 16.6. The summed E-state index contributed by atoms with van der Waals surface area (Å²) in [6.07, 6.45) is 3.00. The number of aryl methyl sites for hydroxylation is 1. The molecule has 0 aliphatic rings. The van der Waals surface area contributed by atoms with Gasteiger partial charge in [0.2, 0.25) is 5.82 Å². The second-order valence-corrected chi connectivity index (χ2v) is 3.33. The van der Waals surface area contributed by atoms with Crippen molar-refractivity contribution in [2.24, 2.45) is 7.05 Å². The van der Waals surface area contributed by atoms with Crippen LogP contribution in [-0.2, 0) is 23.1 Å². The average molecular weight is 249 g/mol. The highest BCUT2D eigenvalue weighted by molar-refractivity contribution is 5.88. The number of pyridine rings is 1. The molecule has 0 aliphatic carbocycles. The Morgan fingerprint density at radius 2 is 2.39 bits per heavy atom. The maximum absolute atomic E-state index is 11.5. The van der Waals surface area contributed by atoms with E-state index in [0.29, 0.717) is 11.4 Å². The molecule has 94 valence electrons. The molecule has 0 saturated carbocycles. The van der Waals surface area contributed by atoms with E-state index >= 15 is 0 Å². The molecule has 0 aromatic carbocycles. The van der Waals surface area contributed by atoms with Gasteiger partial charge in [-0.2, -0.15) is 4.80 Å². The Hall–Kier alpha value is -2.35. The second-order valence-electron chi connectivity index (χ2n) is 3.33. The molecule has 2 rings (SSSR count). The Balaban J connectivity index is 1.71. The van der Waals surface area contributed by atoms with E-state index in [1.807, 2.05) is 0 Å². The number of hydrogen-bond donors (Lipinski definition) is 0. The van der Waals surface area contributed by atoms with Crippen LogP contribution in [0.2, 0.25) is 0 Å². The van der Waals surface area contributed by atoms with Gasteiger partial charge in [0.25, 0.3) is 0 Å². The fraction of sp³-hybridized carbons (Fsp3) is 0.300. The van der Waals surface area contributed by atoms with Crippen LogP contribution in [0, 0.1) is 0 Å². The molecule has 0 N–H and O–H groups in total. The third-order valence-electron chi connectivity index (χ3n) is 1.95. The first-order chi connectivity index (χ1) is 8.75. The molecular formula is C10H11N5O3. The zero-order chi connectivity index (χ0) is 12.8. The maximum Gasteiger partial charge on any atom is 0.341 e. The van der Waals surface area contributed by atoms with Gasteiger partial charge in [0.05, 0.1) is 12.6 Å². The number of esters is 1. The minimum Gasteiger partial charge on any atom is -0.435 e. The van der Waals surface area contributed by atoms with Crippen LogP contribution in [0.15, 0.2) is 24.5 Å². The number of tetrazole rings is 1. The van der Waals surface area contributed by atoms with Gasteiger partial charge in [-0.1, -0.05) is 0 Å². The standard InChI is InChI=1S/C10H11N5O3/c1-15-13-9(12-14-15)6-17-7-18-10(16)8-3-2-4-11-5-8/h2-5H,6-7H2,1H3. The molecular weight excluding hydrogens is 238 g/mol. The van der Waals surface area contributed by atoms with Crippen molar-refractivity contribution < 1.29 is 14.3 Å². The van der Waals surface area contributed by atoms with Gasteiger partial charge in [0.1, 0.15) is 6.61 Å². The topological polar surface area (TPSA) is 92.0 Å². The van der Waals surface area contributed by atoms with E-state index < -0.39 is 5.97 Å². The fourth-order valence-electron chi connectivity index (χ4n) is 1.18. The number of carbonyl (C=O) groups is 1. The Morgan fingerprint density at radius 3 is 3.06 bits per heavy atom. The summed E-state index contributed by atoms with van der Waals surface area (Å²) in [5.41, 5.74) is 0.374. The van der Waals surface area contributed by atoms with Crippen LogP contribution in [0.3, 0.4) is 0 Å². The van der Waals surface area contributed by atoms with Gasteiger partial charge in [-0.25, -0.2) is 4.79 Å². The lowest BCUT2D eigenvalue weighted by Crippen LogP contribution is -2.09. The first kappa shape index (κ1) is 12.1. The molecule has 2 aromatic rings. The Morgan fingerprint density at radius 1 is 1.50 bits per heavy atom. The summed E-state index contributed by atoms with van der Waals surface area (Å²) in [6.45, 7) is -0.0415. The molecule has 0 unspecified atom stereocenters. The molecule has 0 amide bonds. The molecule has 0 bridgehead atoms. The fourth-order valence-corrected chi connectivity index (χ4v) is 1.18. The van der Waals surface area contributed by atoms with E-state index in [9.17, 15) is 4.79 Å². The SMILES string of the molecule is Cn1nnc(COCOC(=O)c2cccnc2)n1. The van der Waals surface area contributed by atoms with Crippen molar-refractivity contribution in [2.45, 2.75) is 6.61 Å². The van der Waals surface area contributed by atoms with Crippen molar-refractivity contribution in [3.05, 3.63) is 35.9 Å². The van der Waals surface area contributed by atoms with E-state index in [1.165, 1.54) is 11.0 Å². The van der Waals surface area contributed by atoms with Gasteiger partial charge < -0.3 is 9.47 Å². The van der Waals surface area contributed by atoms with Crippen LogP contribution < -0.4 is 0 Å². The molecule has 0 atom stereocenters. The molecule has 2 heterocycles. The predicted molar refractivity (Wildman–Crippen MR) is 58.1 cm³/mol. The van der Waals surface area contributed by atoms with Crippen LogP contribution >= 0.6 is 0 Å². The molecule has 0 spiro atoms. The minimum atomic E-state index is -0.491. The van der Waals surface area contributed by atoms with Gasteiger partial charge in [-0.05, 0) is 17.3 Å². The summed E-state index contributed by atoms with van der Waals surface area (Å²) in [7, 11) is 1.65. The number of ether oxygens (including phenoxy) is 2. The summed E-state index contributed by atoms with van der Waals surface area (Å²) in [6, 6.07) is 3.26. The van der Waals surface area contributed by atoms with Gasteiger partial charge >= 0.3 is 5.97 Å². The van der Waals surface area contributed by atoms with Gasteiger partial charge in [-0.3, -0.25) is 4.98 Å². The number of nitrogens with zero attached hydrogens (tertiary/aromatic N) is 5. The zero-order valence-corrected chi connectivity index (χ0v) is 9.68. The molecule has 0 fully saturated rings. The van der Waals surface area contributed by atoms with E-state index in [1.54, 1.807) is 25.4 Å². The summed E-state index contributed by atoms with van der Waals surface area (Å²) in [5, 5.41) is 11.3. The molecule has 8 nitrogen and oxygen atoms in total. The highest BCUT2D eigenvalue weighted by Crippen LogP contribution is 1.99. The van der Waals surface area contributed by atoms with Crippen LogP contribution in [0.5, 0.6) is 0 Å². The van der Waals surface area contributed by atoms with Crippen molar-refractivity contribution in [2.75, 3.05) is 6.79 Å². The van der Waals surface area contributed by atoms with Crippen LogP contribution in [0.4, 0.5) is 0 Å². The van der Waals surface area contributed by atoms with Crippen LogP contribution in [-0.4, -0.2) is 38.0 Å². The lowest BCUT2D eigenvalue weighted by atomic mass is 10.3. The average Bonchev–Trinajstić information content (AvgIpc) is 2.81. The van der Waals surface area contributed by atoms with E-state index in [2.05, 4.69) is 20.4 Å². The number of aromatic nitrogens is 5. The van der Waals surface area contributed by atoms with Gasteiger partial charge in [0.15, 0.2) is 6.79 Å². The third-order valence-corrected chi connectivity index (χ3v) is 1.95. The molecule has 0 radical (unpaired) electrons. The lowest BCUT2D eigenvalue weighted by molar-refractivity contribution is -0.0399. The lowest BCUT2D eigenvalue weighted by Gasteiger charge is -2.03. The highest BCUT2D eigenvalue weighted by Gasteiger charge is 2.06. The highest BCUT2D eigenvalue weighted by atomic mass is 16.7. The smallest absolute Gasteiger partial charge is 0.341 e. The third kappa shape index (κ3) is 3.32. The zero-order valence-electron chi connectivity index (χ0n) is 9.68. The normalized spacial score (nSPS) is 10.3. The molecule has 18 heavy (non-hydrogen) atoms. The quantitative estimate of drug-likeness (QED) is 0.416. The predicted octanol–water partition coefficient (Wildman–Crippen LogP) is -0.0638. The molecule has 8 heteroatoms. The Kier molecular flexibility index (Phi) is 3.92. The Labute approximate surface area is 103 Å². The summed E-state index contributed by atoms with van der Waals surface area (Å²) < 4.78 is 9.96.